The van der Waals surface area contributed by atoms with E-state index in [2.05, 4.69) is 37.0 Å². The molecule has 0 fully saturated rings. The normalized spacial score (nSPS) is 13.2. The molecule has 1 aromatic heterocycles. The Morgan fingerprint density at radius 1 is 1.44 bits per heavy atom. The van der Waals surface area contributed by atoms with Crippen LogP contribution in [0.3, 0.4) is 0 Å². The minimum absolute atomic E-state index is 0.256. The van der Waals surface area contributed by atoms with Crippen LogP contribution >= 0.6 is 11.3 Å². The molecule has 0 aliphatic rings. The highest BCUT2D eigenvalue weighted by molar-refractivity contribution is 7.18. The van der Waals surface area contributed by atoms with E-state index < -0.39 is 0 Å². The third kappa shape index (κ3) is 2.60. The molecule has 1 aromatic carbocycles. The first-order valence-corrected chi connectivity index (χ1v) is 6.62. The van der Waals surface area contributed by atoms with Crippen LogP contribution in [-0.4, -0.2) is 11.0 Å². The quantitative estimate of drug-likeness (QED) is 0.881. The van der Waals surface area contributed by atoms with Gasteiger partial charge in [0, 0.05) is 12.5 Å². The molecular formula is C13H18N2S. The topological polar surface area (TPSA) is 38.9 Å². The molecule has 0 radical (unpaired) electrons. The molecule has 0 aliphatic carbocycles. The molecule has 3 heteroatoms. The maximum absolute atomic E-state index is 6.03. The number of thiazole rings is 1. The fourth-order valence-corrected chi connectivity index (χ4v) is 2.91. The largest absolute Gasteiger partial charge is 0.327 e. The van der Waals surface area contributed by atoms with E-state index in [4.69, 9.17) is 5.73 Å². The number of nitrogens with zero attached hydrogens (tertiary/aromatic N) is 1. The Kier molecular flexibility index (Phi) is 3.56. The molecule has 2 aromatic rings. The molecule has 2 nitrogen and oxygen atoms in total. The average molecular weight is 234 g/mol. The lowest BCUT2D eigenvalue weighted by Crippen LogP contribution is -2.22. The van der Waals surface area contributed by atoms with Crippen molar-refractivity contribution in [3.63, 3.8) is 0 Å². The minimum Gasteiger partial charge on any atom is -0.327 e. The van der Waals surface area contributed by atoms with Gasteiger partial charge in [-0.2, -0.15) is 0 Å². The van der Waals surface area contributed by atoms with Crippen molar-refractivity contribution < 1.29 is 0 Å². The van der Waals surface area contributed by atoms with Crippen LogP contribution < -0.4 is 5.73 Å². The molecule has 86 valence electrons. The van der Waals surface area contributed by atoms with Crippen molar-refractivity contribution in [2.45, 2.75) is 39.2 Å². The van der Waals surface area contributed by atoms with Crippen molar-refractivity contribution in [1.82, 2.24) is 4.98 Å². The van der Waals surface area contributed by atoms with Gasteiger partial charge >= 0.3 is 0 Å². The van der Waals surface area contributed by atoms with Gasteiger partial charge in [-0.3, -0.25) is 0 Å². The maximum atomic E-state index is 6.03. The standard InChI is InChI=1S/C13H18N2S/c1-3-4-10(14)8-13-15-11-7-9(2)5-6-12(11)16-13/h5-7,10H,3-4,8,14H2,1-2H3. The number of nitrogens with two attached hydrogens (primary N) is 1. The Labute approximate surface area is 101 Å². The molecule has 1 atom stereocenters. The zero-order chi connectivity index (χ0) is 11.5. The lowest BCUT2D eigenvalue weighted by atomic mass is 10.1. The van der Waals surface area contributed by atoms with Gasteiger partial charge in [-0.15, -0.1) is 11.3 Å². The van der Waals surface area contributed by atoms with Crippen molar-refractivity contribution in [1.29, 1.82) is 0 Å². The van der Waals surface area contributed by atoms with Crippen LogP contribution in [0.25, 0.3) is 10.2 Å². The van der Waals surface area contributed by atoms with Crippen molar-refractivity contribution in [2.24, 2.45) is 5.73 Å². The van der Waals surface area contributed by atoms with Gasteiger partial charge in [0.2, 0.25) is 0 Å². The highest BCUT2D eigenvalue weighted by atomic mass is 32.1. The van der Waals surface area contributed by atoms with Crippen LogP contribution in [0.5, 0.6) is 0 Å². The highest BCUT2D eigenvalue weighted by Crippen LogP contribution is 2.24. The summed E-state index contributed by atoms with van der Waals surface area (Å²) in [6, 6.07) is 6.68. The van der Waals surface area contributed by atoms with Crippen molar-refractivity contribution in [3.05, 3.63) is 28.8 Å². The molecule has 0 amide bonds. The molecule has 1 unspecified atom stereocenters. The Bertz CT molecular complexity index is 476. The maximum Gasteiger partial charge on any atom is 0.0954 e. The summed E-state index contributed by atoms with van der Waals surface area (Å²) in [5.41, 5.74) is 8.42. The third-order valence-corrected chi connectivity index (χ3v) is 3.74. The van der Waals surface area contributed by atoms with E-state index in [1.165, 1.54) is 15.3 Å². The average Bonchev–Trinajstić information content (AvgIpc) is 2.59. The molecule has 0 saturated carbocycles. The zero-order valence-electron chi connectivity index (χ0n) is 9.86. The van der Waals surface area contributed by atoms with Crippen molar-refractivity contribution in [3.8, 4) is 0 Å². The Balaban J connectivity index is 2.19. The molecule has 1 heterocycles. The second-order valence-corrected chi connectivity index (χ2v) is 5.45. The summed E-state index contributed by atoms with van der Waals surface area (Å²) in [5.74, 6) is 0. The van der Waals surface area contributed by atoms with E-state index in [0.717, 1.165) is 24.8 Å². The Morgan fingerprint density at radius 3 is 3.00 bits per heavy atom. The van der Waals surface area contributed by atoms with E-state index in [-0.39, 0.29) is 6.04 Å². The first-order valence-electron chi connectivity index (χ1n) is 5.80. The number of fused-ring (bicyclic) bond motifs is 1. The lowest BCUT2D eigenvalue weighted by Gasteiger charge is -2.06. The van der Waals surface area contributed by atoms with Crippen LogP contribution in [-0.2, 0) is 6.42 Å². The van der Waals surface area contributed by atoms with Crippen LogP contribution in [0.2, 0.25) is 0 Å². The first-order chi connectivity index (χ1) is 7.69. The minimum atomic E-state index is 0.256. The summed E-state index contributed by atoms with van der Waals surface area (Å²) >= 11 is 1.77. The number of aromatic nitrogens is 1. The summed E-state index contributed by atoms with van der Waals surface area (Å²) in [6.07, 6.45) is 3.13. The molecular weight excluding hydrogens is 216 g/mol. The number of hydrogen-bond donors (Lipinski definition) is 1. The monoisotopic (exact) mass is 234 g/mol. The molecule has 0 spiro atoms. The summed E-state index contributed by atoms with van der Waals surface area (Å²) in [4.78, 5) is 4.63. The van der Waals surface area contributed by atoms with Gasteiger partial charge in [-0.25, -0.2) is 4.98 Å². The van der Waals surface area contributed by atoms with Crippen LogP contribution in [0, 0.1) is 6.92 Å². The van der Waals surface area contributed by atoms with Crippen LogP contribution in [0.15, 0.2) is 18.2 Å². The highest BCUT2D eigenvalue weighted by Gasteiger charge is 2.08. The van der Waals surface area contributed by atoms with E-state index in [0.29, 0.717) is 0 Å². The number of hydrogen-bond acceptors (Lipinski definition) is 3. The van der Waals surface area contributed by atoms with Crippen LogP contribution in [0.1, 0.15) is 30.3 Å². The van der Waals surface area contributed by atoms with E-state index >= 15 is 0 Å². The predicted octanol–water partition coefficient (Wildman–Crippen LogP) is 3.27. The summed E-state index contributed by atoms with van der Waals surface area (Å²) in [6.45, 7) is 4.27. The van der Waals surface area contributed by atoms with Gasteiger partial charge in [0.05, 0.1) is 15.2 Å². The Hall–Kier alpha value is -0.930. The van der Waals surface area contributed by atoms with E-state index in [1.54, 1.807) is 11.3 Å². The van der Waals surface area contributed by atoms with E-state index in [1.807, 2.05) is 0 Å². The molecule has 2 N–H and O–H groups in total. The SMILES string of the molecule is CCCC(N)Cc1nc2cc(C)ccc2s1. The number of rotatable bonds is 4. The molecule has 0 saturated heterocycles. The van der Waals surface area contributed by atoms with Gasteiger partial charge in [-0.1, -0.05) is 19.4 Å². The second kappa shape index (κ2) is 4.93. The lowest BCUT2D eigenvalue weighted by molar-refractivity contribution is 0.599. The fourth-order valence-electron chi connectivity index (χ4n) is 1.87. The molecule has 2 rings (SSSR count). The summed E-state index contributed by atoms with van der Waals surface area (Å²) < 4.78 is 1.27. The van der Waals surface area contributed by atoms with Crippen LogP contribution in [0.4, 0.5) is 0 Å². The van der Waals surface area contributed by atoms with Gasteiger partial charge in [0.15, 0.2) is 0 Å². The molecule has 16 heavy (non-hydrogen) atoms. The summed E-state index contributed by atoms with van der Waals surface area (Å²) in [5, 5.41) is 1.17. The van der Waals surface area contributed by atoms with E-state index in [9.17, 15) is 0 Å². The molecule has 0 aliphatic heterocycles. The Morgan fingerprint density at radius 2 is 2.25 bits per heavy atom. The smallest absolute Gasteiger partial charge is 0.0954 e. The first kappa shape index (κ1) is 11.6. The predicted molar refractivity (Wildman–Crippen MR) is 70.9 cm³/mol. The van der Waals surface area contributed by atoms with Crippen molar-refractivity contribution >= 4 is 21.6 Å². The number of benzene rings is 1. The summed E-state index contributed by atoms with van der Waals surface area (Å²) in [7, 11) is 0. The second-order valence-electron chi connectivity index (χ2n) is 4.33. The van der Waals surface area contributed by atoms with Crippen molar-refractivity contribution in [2.75, 3.05) is 0 Å². The van der Waals surface area contributed by atoms with Gasteiger partial charge in [0.1, 0.15) is 0 Å². The van der Waals surface area contributed by atoms with Gasteiger partial charge < -0.3 is 5.73 Å². The fraction of sp³-hybridized carbons (Fsp3) is 0.462. The van der Waals surface area contributed by atoms with Gasteiger partial charge in [0.25, 0.3) is 0 Å². The number of aryl methyl sites for hydroxylation is 1. The zero-order valence-corrected chi connectivity index (χ0v) is 10.7. The van der Waals surface area contributed by atoms with Gasteiger partial charge in [-0.05, 0) is 31.0 Å². The molecule has 0 bridgehead atoms. The third-order valence-electron chi connectivity index (χ3n) is 2.68.